The van der Waals surface area contributed by atoms with Crippen molar-refractivity contribution in [3.05, 3.63) is 34.6 Å². The molecule has 1 aromatic carbocycles. The summed E-state index contributed by atoms with van der Waals surface area (Å²) in [7, 11) is 0. The van der Waals surface area contributed by atoms with Gasteiger partial charge in [-0.2, -0.15) is 0 Å². The van der Waals surface area contributed by atoms with E-state index in [2.05, 4.69) is 18.7 Å². The zero-order valence-corrected chi connectivity index (χ0v) is 13.5. The molecule has 0 N–H and O–H groups in total. The first kappa shape index (κ1) is 16.4. The largest absolute Gasteiger partial charge is 0.297 e. The van der Waals surface area contributed by atoms with E-state index in [4.69, 9.17) is 11.6 Å². The fraction of sp³-hybridized carbons (Fsp3) is 0.588. The van der Waals surface area contributed by atoms with Gasteiger partial charge in [-0.15, -0.1) is 0 Å². The highest BCUT2D eigenvalue weighted by Gasteiger charge is 2.41. The summed E-state index contributed by atoms with van der Waals surface area (Å²) in [5.41, 5.74) is 0.322. The Bertz CT molecular complexity index is 508. The number of nitrogens with zero attached hydrogens (tertiary/aromatic N) is 1. The van der Waals surface area contributed by atoms with Gasteiger partial charge in [0.25, 0.3) is 0 Å². The van der Waals surface area contributed by atoms with Crippen LogP contribution >= 0.6 is 11.6 Å². The van der Waals surface area contributed by atoms with Crippen molar-refractivity contribution in [3.8, 4) is 0 Å². The molecule has 0 radical (unpaired) electrons. The lowest BCUT2D eigenvalue weighted by Crippen LogP contribution is -2.53. The maximum absolute atomic E-state index is 13.1. The number of likely N-dealkylation sites (tertiary alicyclic amines) is 1. The number of ketones is 1. The molecule has 2 rings (SSSR count). The molecule has 4 heteroatoms. The molecule has 0 atom stereocenters. The van der Waals surface area contributed by atoms with Crippen molar-refractivity contribution in [1.29, 1.82) is 0 Å². The quantitative estimate of drug-likeness (QED) is 0.783. The molecule has 1 aliphatic rings. The second kappa shape index (κ2) is 6.89. The molecule has 0 amide bonds. The van der Waals surface area contributed by atoms with Crippen molar-refractivity contribution < 1.29 is 9.18 Å². The number of halogens is 2. The predicted molar refractivity (Wildman–Crippen MR) is 84.2 cm³/mol. The summed E-state index contributed by atoms with van der Waals surface area (Å²) in [6.45, 7) is 6.13. The van der Waals surface area contributed by atoms with Crippen LogP contribution in [0.1, 0.15) is 45.1 Å². The Hall–Kier alpha value is -0.930. The van der Waals surface area contributed by atoms with Crippen LogP contribution < -0.4 is 0 Å². The third kappa shape index (κ3) is 3.29. The first-order valence-corrected chi connectivity index (χ1v) is 8.13. The zero-order valence-electron chi connectivity index (χ0n) is 12.8. The molecule has 116 valence electrons. The Morgan fingerprint density at radius 2 is 1.90 bits per heavy atom. The molecule has 0 bridgehead atoms. The average Bonchev–Trinajstić information content (AvgIpc) is 2.99. The topological polar surface area (TPSA) is 20.3 Å². The Morgan fingerprint density at radius 1 is 1.29 bits per heavy atom. The van der Waals surface area contributed by atoms with E-state index in [1.807, 2.05) is 0 Å². The van der Waals surface area contributed by atoms with E-state index in [-0.39, 0.29) is 18.0 Å². The van der Waals surface area contributed by atoms with Crippen LogP contribution in [0, 0.1) is 5.82 Å². The van der Waals surface area contributed by atoms with E-state index >= 15 is 0 Å². The molecular formula is C17H23ClFNO. The van der Waals surface area contributed by atoms with Crippen LogP contribution in [0.3, 0.4) is 0 Å². The Labute approximate surface area is 131 Å². The molecule has 0 unspecified atom stereocenters. The van der Waals surface area contributed by atoms with E-state index in [9.17, 15) is 9.18 Å². The van der Waals surface area contributed by atoms with E-state index < -0.39 is 5.54 Å². The number of Topliss-reactive ketones (excluding diaryl/α,β-unsaturated/α-hetero) is 1. The molecule has 0 aromatic heterocycles. The molecule has 0 saturated carbocycles. The highest BCUT2D eigenvalue weighted by atomic mass is 35.5. The van der Waals surface area contributed by atoms with Gasteiger partial charge in [0.1, 0.15) is 5.82 Å². The summed E-state index contributed by atoms with van der Waals surface area (Å²) in [6.07, 6.45) is 4.21. The number of benzene rings is 1. The molecule has 0 aliphatic carbocycles. The number of carbonyl (C=O) groups excluding carboxylic acids is 1. The van der Waals surface area contributed by atoms with Crippen LogP contribution in [-0.2, 0) is 11.2 Å². The highest BCUT2D eigenvalue weighted by Crippen LogP contribution is 2.31. The Kier molecular flexibility index (Phi) is 5.39. The lowest BCUT2D eigenvalue weighted by atomic mass is 9.83. The highest BCUT2D eigenvalue weighted by molar-refractivity contribution is 6.31. The first-order chi connectivity index (χ1) is 10.0. The summed E-state index contributed by atoms with van der Waals surface area (Å²) in [4.78, 5) is 15.3. The molecule has 1 aromatic rings. The van der Waals surface area contributed by atoms with Crippen molar-refractivity contribution in [3.63, 3.8) is 0 Å². The number of hydrogen-bond donors (Lipinski definition) is 0. The van der Waals surface area contributed by atoms with Crippen LogP contribution in [-0.4, -0.2) is 29.3 Å². The van der Waals surface area contributed by atoms with Gasteiger partial charge in [0.2, 0.25) is 0 Å². The van der Waals surface area contributed by atoms with Gasteiger partial charge >= 0.3 is 0 Å². The summed E-state index contributed by atoms with van der Waals surface area (Å²) in [6, 6.07) is 4.26. The maximum Gasteiger partial charge on any atom is 0.157 e. The normalized spacial score (nSPS) is 16.4. The fourth-order valence-corrected chi connectivity index (χ4v) is 3.65. The van der Waals surface area contributed by atoms with Gasteiger partial charge in [-0.1, -0.05) is 31.5 Å². The number of rotatable bonds is 6. The summed E-state index contributed by atoms with van der Waals surface area (Å²) >= 11 is 6.06. The maximum atomic E-state index is 13.1. The van der Waals surface area contributed by atoms with Crippen molar-refractivity contribution in [2.75, 3.05) is 13.1 Å². The van der Waals surface area contributed by atoms with Gasteiger partial charge in [0, 0.05) is 11.4 Å². The fourth-order valence-electron chi connectivity index (χ4n) is 3.42. The second-order valence-electron chi connectivity index (χ2n) is 5.77. The third-order valence-corrected chi connectivity index (χ3v) is 5.12. The number of hydrogen-bond acceptors (Lipinski definition) is 2. The molecule has 0 spiro atoms. The molecule has 1 fully saturated rings. The molecular weight excluding hydrogens is 289 g/mol. The second-order valence-corrected chi connectivity index (χ2v) is 6.18. The molecule has 1 saturated heterocycles. The van der Waals surface area contributed by atoms with Crippen molar-refractivity contribution >= 4 is 17.4 Å². The monoisotopic (exact) mass is 311 g/mol. The van der Waals surface area contributed by atoms with E-state index in [1.54, 1.807) is 6.07 Å². The van der Waals surface area contributed by atoms with Gasteiger partial charge in [-0.3, -0.25) is 9.69 Å². The van der Waals surface area contributed by atoms with E-state index in [0.717, 1.165) is 38.8 Å². The lowest BCUT2D eigenvalue weighted by Gasteiger charge is -2.39. The summed E-state index contributed by atoms with van der Waals surface area (Å²) in [5.74, 6) is -0.170. The van der Waals surface area contributed by atoms with Crippen LogP contribution in [0.4, 0.5) is 4.39 Å². The first-order valence-electron chi connectivity index (χ1n) is 7.75. The average molecular weight is 312 g/mol. The van der Waals surface area contributed by atoms with Gasteiger partial charge in [-0.05, 0) is 56.5 Å². The van der Waals surface area contributed by atoms with Gasteiger partial charge in [-0.25, -0.2) is 4.39 Å². The predicted octanol–water partition coefficient (Wildman–Crippen LogP) is 4.25. The smallest absolute Gasteiger partial charge is 0.157 e. The number of carbonyl (C=O) groups is 1. The van der Waals surface area contributed by atoms with Gasteiger partial charge in [0.05, 0.1) is 5.54 Å². The lowest BCUT2D eigenvalue weighted by molar-refractivity contribution is -0.130. The zero-order chi connectivity index (χ0) is 15.5. The molecule has 21 heavy (non-hydrogen) atoms. The third-order valence-electron chi connectivity index (χ3n) is 4.77. The van der Waals surface area contributed by atoms with E-state index in [0.29, 0.717) is 10.6 Å². The Morgan fingerprint density at radius 3 is 2.43 bits per heavy atom. The standard InChI is InChI=1S/C17H23ClFNO/c1-3-17(4-2,20-9-5-6-10-20)16(21)11-13-7-8-14(19)12-15(13)18/h7-8,12H,3-6,9-11H2,1-2H3. The van der Waals surface area contributed by atoms with Crippen LogP contribution in [0.15, 0.2) is 18.2 Å². The Balaban J connectivity index is 2.22. The summed E-state index contributed by atoms with van der Waals surface area (Å²) in [5, 5.41) is 0.339. The SMILES string of the molecule is CCC(CC)(C(=O)Cc1ccc(F)cc1Cl)N1CCCC1. The molecule has 1 heterocycles. The van der Waals surface area contributed by atoms with Crippen LogP contribution in [0.5, 0.6) is 0 Å². The van der Waals surface area contributed by atoms with E-state index in [1.165, 1.54) is 12.1 Å². The minimum atomic E-state index is -0.395. The molecule has 1 aliphatic heterocycles. The van der Waals surface area contributed by atoms with Crippen molar-refractivity contribution in [1.82, 2.24) is 4.90 Å². The minimum absolute atomic E-state index is 0.197. The van der Waals surface area contributed by atoms with Gasteiger partial charge < -0.3 is 0 Å². The van der Waals surface area contributed by atoms with Crippen LogP contribution in [0.2, 0.25) is 5.02 Å². The minimum Gasteiger partial charge on any atom is -0.297 e. The van der Waals surface area contributed by atoms with Crippen molar-refractivity contribution in [2.24, 2.45) is 0 Å². The molecule has 2 nitrogen and oxygen atoms in total. The summed E-state index contributed by atoms with van der Waals surface area (Å²) < 4.78 is 13.1. The van der Waals surface area contributed by atoms with Crippen LogP contribution in [0.25, 0.3) is 0 Å². The van der Waals surface area contributed by atoms with Gasteiger partial charge in [0.15, 0.2) is 5.78 Å². The van der Waals surface area contributed by atoms with Crippen molar-refractivity contribution in [2.45, 2.75) is 51.5 Å².